The highest BCUT2D eigenvalue weighted by molar-refractivity contribution is 6.31. The van der Waals surface area contributed by atoms with Gasteiger partial charge in [-0.15, -0.1) is 0 Å². The van der Waals surface area contributed by atoms with Crippen molar-refractivity contribution in [1.29, 1.82) is 0 Å². The molecule has 0 atom stereocenters. The highest BCUT2D eigenvalue weighted by Gasteiger charge is 2.20. The van der Waals surface area contributed by atoms with E-state index in [9.17, 15) is 0 Å². The average Bonchev–Trinajstić information content (AvgIpc) is 2.63. The van der Waals surface area contributed by atoms with Gasteiger partial charge < -0.3 is 5.32 Å². The van der Waals surface area contributed by atoms with Gasteiger partial charge in [0.2, 0.25) is 0 Å². The monoisotopic (exact) mass is 364 g/mol. The van der Waals surface area contributed by atoms with Gasteiger partial charge in [-0.25, -0.2) is 0 Å². The molecule has 1 aromatic heterocycles. The molecule has 134 valence electrons. The molecular weight excluding hydrogens is 340 g/mol. The Kier molecular flexibility index (Phi) is 5.45. The zero-order valence-corrected chi connectivity index (χ0v) is 16.6. The van der Waals surface area contributed by atoms with Crippen molar-refractivity contribution < 1.29 is 0 Å². The number of nitrogens with one attached hydrogen (secondary N) is 1. The summed E-state index contributed by atoms with van der Waals surface area (Å²) >= 11 is 6.25. The molecule has 0 aliphatic carbocycles. The van der Waals surface area contributed by atoms with Gasteiger partial charge in [-0.2, -0.15) is 0 Å². The van der Waals surface area contributed by atoms with E-state index in [-0.39, 0.29) is 5.54 Å². The maximum Gasteiger partial charge on any atom is 0.0438 e. The molecule has 3 rings (SSSR count). The molecule has 0 unspecified atom stereocenters. The predicted octanol–water partition coefficient (Wildman–Crippen LogP) is 6.04. The number of rotatable bonds is 5. The van der Waals surface area contributed by atoms with Crippen LogP contribution < -0.4 is 5.32 Å². The lowest BCUT2D eigenvalue weighted by molar-refractivity contribution is 0.401. The van der Waals surface area contributed by atoms with E-state index < -0.39 is 0 Å². The fourth-order valence-corrected chi connectivity index (χ4v) is 3.33. The molecular formula is C23H25ClN2. The fraction of sp³-hybridized carbons (Fsp3) is 0.261. The molecule has 0 spiro atoms. The van der Waals surface area contributed by atoms with Gasteiger partial charge in [-0.05, 0) is 79.3 Å². The van der Waals surface area contributed by atoms with E-state index >= 15 is 0 Å². The number of nitrogens with zero attached hydrogens (tertiary/aromatic N) is 1. The lowest BCUT2D eigenvalue weighted by Crippen LogP contribution is -2.36. The second-order valence-corrected chi connectivity index (χ2v) is 7.68. The molecule has 2 nitrogen and oxygen atoms in total. The van der Waals surface area contributed by atoms with E-state index in [1.54, 1.807) is 0 Å². The first kappa shape index (κ1) is 18.6. The number of benzene rings is 2. The van der Waals surface area contributed by atoms with Crippen LogP contribution in [0.25, 0.3) is 11.1 Å². The second-order valence-electron chi connectivity index (χ2n) is 7.27. The average molecular weight is 365 g/mol. The third-order valence-electron chi connectivity index (χ3n) is 5.02. The van der Waals surface area contributed by atoms with Crippen LogP contribution in [0.5, 0.6) is 0 Å². The standard InChI is InChI=1S/C23H25ClN2/c1-16-14-25-12-11-21(16)18-7-5-9-20(13-18)23(3,4)26-15-19-8-6-10-22(24)17(19)2/h5-14,26H,15H2,1-4H3. The van der Waals surface area contributed by atoms with Crippen molar-refractivity contribution in [3.05, 3.63) is 88.2 Å². The Morgan fingerprint density at radius 2 is 1.81 bits per heavy atom. The summed E-state index contributed by atoms with van der Waals surface area (Å²) in [4.78, 5) is 4.20. The Morgan fingerprint density at radius 3 is 2.58 bits per heavy atom. The molecule has 0 aliphatic heterocycles. The van der Waals surface area contributed by atoms with Crippen LogP contribution in [-0.2, 0) is 12.1 Å². The molecule has 3 heteroatoms. The van der Waals surface area contributed by atoms with Crippen molar-refractivity contribution in [3.63, 3.8) is 0 Å². The van der Waals surface area contributed by atoms with Crippen molar-refractivity contribution in [2.75, 3.05) is 0 Å². The van der Waals surface area contributed by atoms with Gasteiger partial charge in [-0.3, -0.25) is 4.98 Å². The lowest BCUT2D eigenvalue weighted by Gasteiger charge is -2.28. The van der Waals surface area contributed by atoms with E-state index in [2.05, 4.69) is 74.4 Å². The van der Waals surface area contributed by atoms with Crippen LogP contribution in [0.2, 0.25) is 5.02 Å². The van der Waals surface area contributed by atoms with E-state index in [4.69, 9.17) is 11.6 Å². The Hall–Kier alpha value is -2.16. The second kappa shape index (κ2) is 7.61. The number of hydrogen-bond acceptors (Lipinski definition) is 2. The van der Waals surface area contributed by atoms with Gasteiger partial charge in [0.25, 0.3) is 0 Å². The van der Waals surface area contributed by atoms with Crippen molar-refractivity contribution in [2.45, 2.75) is 39.8 Å². The summed E-state index contributed by atoms with van der Waals surface area (Å²) < 4.78 is 0. The number of aryl methyl sites for hydroxylation is 1. The van der Waals surface area contributed by atoms with Gasteiger partial charge in [-0.1, -0.05) is 41.9 Å². The minimum Gasteiger partial charge on any atom is -0.304 e. The van der Waals surface area contributed by atoms with Crippen LogP contribution in [0.3, 0.4) is 0 Å². The Labute approximate surface area is 161 Å². The summed E-state index contributed by atoms with van der Waals surface area (Å²) in [6.45, 7) is 9.37. The number of hydrogen-bond donors (Lipinski definition) is 1. The first-order valence-corrected chi connectivity index (χ1v) is 9.27. The van der Waals surface area contributed by atoms with E-state index in [1.807, 2.05) is 24.5 Å². The van der Waals surface area contributed by atoms with Crippen LogP contribution in [-0.4, -0.2) is 4.98 Å². The molecule has 0 bridgehead atoms. The molecule has 1 N–H and O–H groups in total. The Morgan fingerprint density at radius 1 is 1.04 bits per heavy atom. The number of aromatic nitrogens is 1. The molecule has 2 aromatic carbocycles. The molecule has 0 saturated heterocycles. The van der Waals surface area contributed by atoms with Crippen LogP contribution in [0.4, 0.5) is 0 Å². The number of pyridine rings is 1. The SMILES string of the molecule is Cc1cnccc1-c1cccc(C(C)(C)NCc2cccc(Cl)c2C)c1. The van der Waals surface area contributed by atoms with Crippen molar-refractivity contribution >= 4 is 11.6 Å². The summed E-state index contributed by atoms with van der Waals surface area (Å²) in [5.74, 6) is 0. The first-order valence-electron chi connectivity index (χ1n) is 8.89. The van der Waals surface area contributed by atoms with Crippen molar-refractivity contribution in [2.24, 2.45) is 0 Å². The molecule has 0 amide bonds. The smallest absolute Gasteiger partial charge is 0.0438 e. The topological polar surface area (TPSA) is 24.9 Å². The van der Waals surface area contributed by atoms with Gasteiger partial charge >= 0.3 is 0 Å². The summed E-state index contributed by atoms with van der Waals surface area (Å²) in [6, 6.07) is 16.9. The Bertz CT molecular complexity index is 916. The molecule has 0 saturated carbocycles. The van der Waals surface area contributed by atoms with Crippen LogP contribution in [0, 0.1) is 13.8 Å². The zero-order chi connectivity index (χ0) is 18.7. The van der Waals surface area contributed by atoms with Crippen LogP contribution in [0.15, 0.2) is 60.9 Å². The summed E-state index contributed by atoms with van der Waals surface area (Å²) in [5.41, 5.74) is 7.09. The third kappa shape index (κ3) is 3.98. The Balaban J connectivity index is 1.84. The molecule has 0 radical (unpaired) electrons. The fourth-order valence-electron chi connectivity index (χ4n) is 3.13. The minimum atomic E-state index is -0.161. The third-order valence-corrected chi connectivity index (χ3v) is 5.43. The minimum absolute atomic E-state index is 0.161. The van der Waals surface area contributed by atoms with E-state index in [0.717, 1.165) is 17.1 Å². The first-order chi connectivity index (χ1) is 12.4. The zero-order valence-electron chi connectivity index (χ0n) is 15.8. The number of halogens is 1. The summed E-state index contributed by atoms with van der Waals surface area (Å²) in [6.07, 6.45) is 3.76. The molecule has 3 aromatic rings. The molecule has 1 heterocycles. The normalized spacial score (nSPS) is 11.6. The predicted molar refractivity (Wildman–Crippen MR) is 110 cm³/mol. The van der Waals surface area contributed by atoms with Crippen molar-refractivity contribution in [3.8, 4) is 11.1 Å². The van der Waals surface area contributed by atoms with Gasteiger partial charge in [0.15, 0.2) is 0 Å². The molecule has 0 fully saturated rings. The highest BCUT2D eigenvalue weighted by Crippen LogP contribution is 2.28. The lowest BCUT2D eigenvalue weighted by atomic mass is 9.90. The molecule has 0 aliphatic rings. The summed E-state index contributed by atoms with van der Waals surface area (Å²) in [5, 5.41) is 4.50. The van der Waals surface area contributed by atoms with Gasteiger partial charge in [0, 0.05) is 29.5 Å². The van der Waals surface area contributed by atoms with E-state index in [0.29, 0.717) is 0 Å². The summed E-state index contributed by atoms with van der Waals surface area (Å²) in [7, 11) is 0. The van der Waals surface area contributed by atoms with Crippen molar-refractivity contribution in [1.82, 2.24) is 10.3 Å². The van der Waals surface area contributed by atoms with Crippen LogP contribution in [0.1, 0.15) is 36.1 Å². The van der Waals surface area contributed by atoms with Gasteiger partial charge in [0.1, 0.15) is 0 Å². The van der Waals surface area contributed by atoms with Crippen LogP contribution >= 0.6 is 11.6 Å². The molecule has 26 heavy (non-hydrogen) atoms. The highest BCUT2D eigenvalue weighted by atomic mass is 35.5. The maximum absolute atomic E-state index is 6.25. The van der Waals surface area contributed by atoms with Gasteiger partial charge in [0.05, 0.1) is 0 Å². The quantitative estimate of drug-likeness (QED) is 0.596. The maximum atomic E-state index is 6.25. The van der Waals surface area contributed by atoms with E-state index in [1.165, 1.54) is 27.8 Å². The largest absolute Gasteiger partial charge is 0.304 e.